The zero-order valence-corrected chi connectivity index (χ0v) is 15.4. The molecule has 0 spiro atoms. The molecule has 2 fully saturated rings. The van der Waals surface area contributed by atoms with E-state index in [-0.39, 0.29) is 28.4 Å². The predicted molar refractivity (Wildman–Crippen MR) is 102 cm³/mol. The van der Waals surface area contributed by atoms with Crippen LogP contribution in [-0.2, 0) is 4.79 Å². The quantitative estimate of drug-likeness (QED) is 0.707. The number of benzene rings is 2. The summed E-state index contributed by atoms with van der Waals surface area (Å²) >= 11 is 11.6. The Morgan fingerprint density at radius 3 is 2.69 bits per heavy atom. The van der Waals surface area contributed by atoms with Crippen LogP contribution in [0.5, 0.6) is 11.5 Å². The number of anilines is 1. The molecule has 0 saturated carbocycles. The minimum Gasteiger partial charge on any atom is -0.456 e. The number of hydrogen-bond donors (Lipinski definition) is 0. The molecule has 1 unspecified atom stereocenters. The van der Waals surface area contributed by atoms with Crippen molar-refractivity contribution < 1.29 is 13.9 Å². The number of amides is 1. The monoisotopic (exact) mass is 390 g/mol. The number of nitrogens with zero attached hydrogens (tertiary/aromatic N) is 2. The van der Waals surface area contributed by atoms with E-state index in [4.69, 9.17) is 28.6 Å². The van der Waals surface area contributed by atoms with Gasteiger partial charge >= 0.3 is 0 Å². The lowest BCUT2D eigenvalue weighted by molar-refractivity contribution is -0.120. The maximum atomic E-state index is 14.6. The highest BCUT2D eigenvalue weighted by Gasteiger charge is 2.45. The van der Waals surface area contributed by atoms with Gasteiger partial charge in [-0.05, 0) is 49.7 Å². The first-order valence-corrected chi connectivity index (χ1v) is 9.21. The largest absolute Gasteiger partial charge is 0.456 e. The third-order valence-corrected chi connectivity index (χ3v) is 5.37. The van der Waals surface area contributed by atoms with Crippen molar-refractivity contribution in [2.24, 2.45) is 0 Å². The average Bonchev–Trinajstić information content (AvgIpc) is 2.90. The number of carbonyl (C=O) groups is 1. The normalized spacial score (nSPS) is 19.7. The Labute approximate surface area is 161 Å². The van der Waals surface area contributed by atoms with E-state index < -0.39 is 5.82 Å². The summed E-state index contributed by atoms with van der Waals surface area (Å²) in [5.74, 6) is 0.0435. The van der Waals surface area contributed by atoms with Crippen LogP contribution in [0.25, 0.3) is 0 Å². The molecule has 0 bridgehead atoms. The van der Waals surface area contributed by atoms with Crippen LogP contribution in [0.15, 0.2) is 42.5 Å². The molecule has 4 nitrogen and oxygen atoms in total. The van der Waals surface area contributed by atoms with Gasteiger partial charge in [-0.3, -0.25) is 9.69 Å². The predicted octanol–water partition coefficient (Wildman–Crippen LogP) is 4.76. The third kappa shape index (κ3) is 2.93. The van der Waals surface area contributed by atoms with Crippen LogP contribution < -0.4 is 9.64 Å². The molecule has 2 aliphatic heterocycles. The van der Waals surface area contributed by atoms with Gasteiger partial charge in [0, 0.05) is 12.6 Å². The van der Waals surface area contributed by atoms with E-state index in [1.165, 1.54) is 11.0 Å². The number of piperidine rings is 1. The standard InChI is InChI=1S/C19H16ClFN2O2S/c20-13-10-14(21)16(11-17(13)25-12-6-2-1-3-7-12)23-18(24)15-8-4-5-9-22(15)19(23)26/h1-3,6-7,10-11,15H,4-5,8-9H2. The fourth-order valence-corrected chi connectivity index (χ4v) is 3.99. The molecule has 0 aromatic heterocycles. The van der Waals surface area contributed by atoms with E-state index in [9.17, 15) is 9.18 Å². The van der Waals surface area contributed by atoms with Gasteiger partial charge in [-0.25, -0.2) is 4.39 Å². The number of para-hydroxylation sites is 1. The van der Waals surface area contributed by atoms with E-state index >= 15 is 0 Å². The second kappa shape index (κ2) is 6.85. The molecule has 1 amide bonds. The number of thiocarbonyl (C=S) groups is 1. The molecular formula is C19H16ClFN2O2S. The van der Waals surface area contributed by atoms with Gasteiger partial charge in [-0.1, -0.05) is 29.8 Å². The average molecular weight is 391 g/mol. The maximum absolute atomic E-state index is 14.6. The van der Waals surface area contributed by atoms with Crippen molar-refractivity contribution in [3.8, 4) is 11.5 Å². The summed E-state index contributed by atoms with van der Waals surface area (Å²) < 4.78 is 20.4. The second-order valence-electron chi connectivity index (χ2n) is 6.31. The molecule has 7 heteroatoms. The lowest BCUT2D eigenvalue weighted by Gasteiger charge is -2.27. The Morgan fingerprint density at radius 1 is 1.19 bits per heavy atom. The van der Waals surface area contributed by atoms with Crippen molar-refractivity contribution in [3.63, 3.8) is 0 Å². The first kappa shape index (κ1) is 17.2. The molecule has 2 heterocycles. The molecular weight excluding hydrogens is 375 g/mol. The number of carbonyl (C=O) groups excluding carboxylic acids is 1. The van der Waals surface area contributed by atoms with Crippen LogP contribution in [0.2, 0.25) is 5.02 Å². The fourth-order valence-electron chi connectivity index (χ4n) is 3.39. The Morgan fingerprint density at radius 2 is 1.96 bits per heavy atom. The van der Waals surface area contributed by atoms with Gasteiger partial charge < -0.3 is 9.64 Å². The molecule has 4 rings (SSSR count). The minimum atomic E-state index is -0.606. The summed E-state index contributed by atoms with van der Waals surface area (Å²) in [6.45, 7) is 0.717. The summed E-state index contributed by atoms with van der Waals surface area (Å²) in [6, 6.07) is 11.3. The van der Waals surface area contributed by atoms with E-state index in [0.717, 1.165) is 25.3 Å². The van der Waals surface area contributed by atoms with Crippen LogP contribution >= 0.6 is 23.8 Å². The van der Waals surface area contributed by atoms with Crippen LogP contribution in [0, 0.1) is 5.82 Å². The Bertz CT molecular complexity index is 853. The molecule has 2 aromatic rings. The summed E-state index contributed by atoms with van der Waals surface area (Å²) in [4.78, 5) is 16.0. The van der Waals surface area contributed by atoms with Crippen LogP contribution in [0.4, 0.5) is 10.1 Å². The highest BCUT2D eigenvalue weighted by Crippen LogP contribution is 2.38. The number of ether oxygens (including phenoxy) is 1. The number of hydrogen-bond acceptors (Lipinski definition) is 3. The van der Waals surface area contributed by atoms with Gasteiger partial charge in [0.1, 0.15) is 23.4 Å². The molecule has 1 atom stereocenters. The molecule has 0 radical (unpaired) electrons. The Hall–Kier alpha value is -2.18. The van der Waals surface area contributed by atoms with Gasteiger partial charge in [-0.2, -0.15) is 0 Å². The molecule has 0 N–H and O–H groups in total. The lowest BCUT2D eigenvalue weighted by atomic mass is 10.0. The molecule has 2 saturated heterocycles. The maximum Gasteiger partial charge on any atom is 0.256 e. The van der Waals surface area contributed by atoms with E-state index in [2.05, 4.69) is 0 Å². The summed E-state index contributed by atoms with van der Waals surface area (Å²) in [5, 5.41) is 0.469. The molecule has 134 valence electrons. The van der Waals surface area contributed by atoms with Gasteiger partial charge in [-0.15, -0.1) is 0 Å². The van der Waals surface area contributed by atoms with Gasteiger partial charge in [0.2, 0.25) is 0 Å². The first-order valence-electron chi connectivity index (χ1n) is 8.43. The SMILES string of the molecule is O=C1C2CCCCN2C(=S)N1c1cc(Oc2ccccc2)c(Cl)cc1F. The van der Waals surface area contributed by atoms with Crippen LogP contribution in [-0.4, -0.2) is 28.5 Å². The van der Waals surface area contributed by atoms with E-state index in [1.54, 1.807) is 12.1 Å². The first-order chi connectivity index (χ1) is 12.6. The molecule has 0 aliphatic carbocycles. The fraction of sp³-hybridized carbons (Fsp3) is 0.263. The number of fused-ring (bicyclic) bond motifs is 1. The molecule has 2 aromatic carbocycles. The Kier molecular flexibility index (Phi) is 4.54. The summed E-state index contributed by atoms with van der Waals surface area (Å²) in [5.41, 5.74) is 0.0738. The van der Waals surface area contributed by atoms with Crippen molar-refractivity contribution in [2.45, 2.75) is 25.3 Å². The molecule has 26 heavy (non-hydrogen) atoms. The van der Waals surface area contributed by atoms with Gasteiger partial charge in [0.25, 0.3) is 5.91 Å². The van der Waals surface area contributed by atoms with Crippen molar-refractivity contribution in [2.75, 3.05) is 11.4 Å². The zero-order valence-electron chi connectivity index (χ0n) is 13.8. The highest BCUT2D eigenvalue weighted by atomic mass is 35.5. The van der Waals surface area contributed by atoms with Crippen molar-refractivity contribution >= 4 is 40.5 Å². The summed E-state index contributed by atoms with van der Waals surface area (Å²) in [6.07, 6.45) is 2.68. The van der Waals surface area contributed by atoms with Gasteiger partial charge in [0.05, 0.1) is 10.7 Å². The van der Waals surface area contributed by atoms with Crippen molar-refractivity contribution in [1.29, 1.82) is 0 Å². The number of halogens is 2. The molecule has 2 aliphatic rings. The van der Waals surface area contributed by atoms with Crippen LogP contribution in [0.3, 0.4) is 0 Å². The van der Waals surface area contributed by atoms with Gasteiger partial charge in [0.15, 0.2) is 5.11 Å². The van der Waals surface area contributed by atoms with E-state index in [0.29, 0.717) is 17.4 Å². The Balaban J connectivity index is 1.71. The minimum absolute atomic E-state index is 0.0738. The highest BCUT2D eigenvalue weighted by molar-refractivity contribution is 7.80. The van der Waals surface area contributed by atoms with Crippen LogP contribution in [0.1, 0.15) is 19.3 Å². The topological polar surface area (TPSA) is 32.8 Å². The van der Waals surface area contributed by atoms with E-state index in [1.807, 2.05) is 23.1 Å². The summed E-state index contributed by atoms with van der Waals surface area (Å²) in [7, 11) is 0. The van der Waals surface area contributed by atoms with Crippen molar-refractivity contribution in [1.82, 2.24) is 4.90 Å². The third-order valence-electron chi connectivity index (χ3n) is 4.66. The van der Waals surface area contributed by atoms with Crippen molar-refractivity contribution in [3.05, 3.63) is 53.3 Å². The second-order valence-corrected chi connectivity index (χ2v) is 7.08. The number of rotatable bonds is 3. The smallest absolute Gasteiger partial charge is 0.256 e. The zero-order chi connectivity index (χ0) is 18.3. The lowest BCUT2D eigenvalue weighted by Crippen LogP contribution is -2.38.